The van der Waals surface area contributed by atoms with Gasteiger partial charge in [0, 0.05) is 4.47 Å². The van der Waals surface area contributed by atoms with E-state index >= 15 is 0 Å². The van der Waals surface area contributed by atoms with Crippen LogP contribution in [0.15, 0.2) is 59.1 Å². The van der Waals surface area contributed by atoms with Gasteiger partial charge < -0.3 is 4.74 Å². The molecule has 7 heteroatoms. The fourth-order valence-corrected chi connectivity index (χ4v) is 3.87. The largest absolute Gasteiger partial charge is 0.496 e. The van der Waals surface area contributed by atoms with Crippen molar-refractivity contribution in [3.63, 3.8) is 0 Å². The molecule has 0 aliphatic carbocycles. The lowest BCUT2D eigenvalue weighted by molar-refractivity contribution is -0.122. The van der Waals surface area contributed by atoms with Crippen molar-refractivity contribution < 1.29 is 14.3 Å². The van der Waals surface area contributed by atoms with E-state index in [1.807, 2.05) is 25.1 Å². The first-order valence-electron chi connectivity index (χ1n) is 8.81. The first-order chi connectivity index (χ1) is 13.8. The quantitative estimate of drug-likeness (QED) is 0.305. The summed E-state index contributed by atoms with van der Waals surface area (Å²) >= 11 is 8.68. The van der Waals surface area contributed by atoms with Gasteiger partial charge in [-0.3, -0.25) is 19.8 Å². The third-order valence-electron chi connectivity index (χ3n) is 4.48. The van der Waals surface area contributed by atoms with Crippen LogP contribution in [0.3, 0.4) is 0 Å². The van der Waals surface area contributed by atoms with E-state index in [1.54, 1.807) is 37.5 Å². The number of hydrogen-bond donors (Lipinski definition) is 1. The van der Waals surface area contributed by atoms with Gasteiger partial charge in [-0.2, -0.15) is 0 Å². The number of benzene rings is 2. The number of allylic oxidation sites excluding steroid dienone is 1. The van der Waals surface area contributed by atoms with E-state index in [4.69, 9.17) is 17.0 Å². The molecule has 0 unspecified atom stereocenters. The van der Waals surface area contributed by atoms with Gasteiger partial charge in [0.05, 0.1) is 12.8 Å². The third kappa shape index (κ3) is 4.31. The zero-order chi connectivity index (χ0) is 21.1. The van der Waals surface area contributed by atoms with Crippen molar-refractivity contribution in [3.05, 3.63) is 75.8 Å². The van der Waals surface area contributed by atoms with Crippen molar-refractivity contribution in [2.75, 3.05) is 12.0 Å². The second-order valence-corrected chi connectivity index (χ2v) is 7.76. The Morgan fingerprint density at radius 2 is 2.00 bits per heavy atom. The minimum absolute atomic E-state index is 0.00985. The molecular formula is C22H19BrN2O3S. The van der Waals surface area contributed by atoms with Gasteiger partial charge in [0.2, 0.25) is 0 Å². The Morgan fingerprint density at radius 1 is 1.24 bits per heavy atom. The van der Waals surface area contributed by atoms with E-state index in [0.717, 1.165) is 21.3 Å². The smallest absolute Gasteiger partial charge is 0.270 e. The zero-order valence-electron chi connectivity index (χ0n) is 16.0. The van der Waals surface area contributed by atoms with Crippen molar-refractivity contribution in [1.82, 2.24) is 5.32 Å². The Balaban J connectivity index is 2.03. The summed E-state index contributed by atoms with van der Waals surface area (Å²) in [5.74, 6) is -0.267. The lowest BCUT2D eigenvalue weighted by Gasteiger charge is -2.30. The standard InChI is InChI=1S/C22H19BrN2O3S/c1-4-5-15-11-14(6-9-19(15)28-3)12-17-20(26)24-22(29)25(21(17)27)18-8-7-16(23)10-13(18)2/h4,6-12H,1,5H2,2-3H3,(H,24,26,29)/b17-12+. The average molecular weight is 471 g/mol. The van der Waals surface area contributed by atoms with E-state index in [1.165, 1.54) is 4.90 Å². The number of halogens is 1. The van der Waals surface area contributed by atoms with Crippen LogP contribution < -0.4 is 15.0 Å². The number of aryl methyl sites for hydroxylation is 1. The molecule has 2 aromatic carbocycles. The molecule has 0 aromatic heterocycles. The van der Waals surface area contributed by atoms with Crippen LogP contribution >= 0.6 is 28.1 Å². The first-order valence-corrected chi connectivity index (χ1v) is 10.0. The zero-order valence-corrected chi connectivity index (χ0v) is 18.4. The summed E-state index contributed by atoms with van der Waals surface area (Å²) in [4.78, 5) is 27.0. The molecule has 29 heavy (non-hydrogen) atoms. The molecule has 0 bridgehead atoms. The number of nitrogens with one attached hydrogen (secondary N) is 1. The van der Waals surface area contributed by atoms with E-state index in [-0.39, 0.29) is 10.7 Å². The molecule has 1 heterocycles. The molecule has 1 N–H and O–H groups in total. The molecule has 2 amide bonds. The molecule has 1 aliphatic heterocycles. The summed E-state index contributed by atoms with van der Waals surface area (Å²) in [6.07, 6.45) is 3.94. The highest BCUT2D eigenvalue weighted by molar-refractivity contribution is 9.10. The topological polar surface area (TPSA) is 58.6 Å². The summed E-state index contributed by atoms with van der Waals surface area (Å²) in [5.41, 5.74) is 3.10. The van der Waals surface area contributed by atoms with Crippen LogP contribution in [0.4, 0.5) is 5.69 Å². The van der Waals surface area contributed by atoms with Crippen LogP contribution in [0.5, 0.6) is 5.75 Å². The van der Waals surface area contributed by atoms with Gasteiger partial charge in [0.25, 0.3) is 11.8 Å². The Morgan fingerprint density at radius 3 is 2.66 bits per heavy atom. The lowest BCUT2D eigenvalue weighted by Crippen LogP contribution is -2.54. The highest BCUT2D eigenvalue weighted by atomic mass is 79.9. The summed E-state index contributed by atoms with van der Waals surface area (Å²) in [6, 6.07) is 11.0. The fraction of sp³-hybridized carbons (Fsp3) is 0.136. The number of carbonyl (C=O) groups excluding carboxylic acids is 2. The number of rotatable bonds is 5. The van der Waals surface area contributed by atoms with Crippen molar-refractivity contribution in [1.29, 1.82) is 0 Å². The molecule has 0 atom stereocenters. The maximum absolute atomic E-state index is 13.2. The summed E-state index contributed by atoms with van der Waals surface area (Å²) in [5, 5.41) is 2.67. The monoisotopic (exact) mass is 470 g/mol. The van der Waals surface area contributed by atoms with Crippen LogP contribution in [0.2, 0.25) is 0 Å². The Labute approximate surface area is 183 Å². The van der Waals surface area contributed by atoms with Crippen LogP contribution in [-0.4, -0.2) is 24.0 Å². The summed E-state index contributed by atoms with van der Waals surface area (Å²) in [7, 11) is 1.59. The van der Waals surface area contributed by atoms with Crippen LogP contribution in [0.1, 0.15) is 16.7 Å². The highest BCUT2D eigenvalue weighted by Gasteiger charge is 2.35. The number of anilines is 1. The molecule has 3 rings (SSSR count). The molecule has 0 saturated carbocycles. The number of thiocarbonyl (C=S) groups is 1. The van der Waals surface area contributed by atoms with E-state index < -0.39 is 11.8 Å². The Kier molecular flexibility index (Phi) is 6.30. The number of carbonyl (C=O) groups is 2. The van der Waals surface area contributed by atoms with Crippen molar-refractivity contribution in [2.45, 2.75) is 13.3 Å². The van der Waals surface area contributed by atoms with Crippen LogP contribution in [-0.2, 0) is 16.0 Å². The number of hydrogen-bond acceptors (Lipinski definition) is 4. The number of methoxy groups -OCH3 is 1. The van der Waals surface area contributed by atoms with Gasteiger partial charge in [-0.15, -0.1) is 6.58 Å². The molecule has 1 aliphatic rings. The van der Waals surface area contributed by atoms with Gasteiger partial charge in [-0.1, -0.05) is 28.1 Å². The van der Waals surface area contributed by atoms with Crippen molar-refractivity contribution in [2.24, 2.45) is 0 Å². The van der Waals surface area contributed by atoms with Crippen LogP contribution in [0.25, 0.3) is 6.08 Å². The molecule has 1 saturated heterocycles. The molecule has 0 radical (unpaired) electrons. The highest BCUT2D eigenvalue weighted by Crippen LogP contribution is 2.28. The summed E-state index contributed by atoms with van der Waals surface area (Å²) < 4.78 is 6.24. The van der Waals surface area contributed by atoms with Gasteiger partial charge in [0.15, 0.2) is 5.11 Å². The van der Waals surface area contributed by atoms with Gasteiger partial charge >= 0.3 is 0 Å². The van der Waals surface area contributed by atoms with Crippen molar-refractivity contribution in [3.8, 4) is 5.75 Å². The van der Waals surface area contributed by atoms with E-state index in [9.17, 15) is 9.59 Å². The second-order valence-electron chi connectivity index (χ2n) is 6.45. The normalized spacial score (nSPS) is 15.5. The molecular weight excluding hydrogens is 452 g/mol. The summed E-state index contributed by atoms with van der Waals surface area (Å²) in [6.45, 7) is 5.63. The Hall–Kier alpha value is -2.77. The molecule has 2 aromatic rings. The lowest BCUT2D eigenvalue weighted by atomic mass is 10.0. The molecule has 148 valence electrons. The number of ether oxygens (including phenoxy) is 1. The van der Waals surface area contributed by atoms with Gasteiger partial charge in [0.1, 0.15) is 11.3 Å². The maximum Gasteiger partial charge on any atom is 0.270 e. The molecule has 1 fully saturated rings. The predicted octanol–water partition coefficient (Wildman–Crippen LogP) is 4.33. The van der Waals surface area contributed by atoms with Crippen molar-refractivity contribution >= 4 is 56.8 Å². The SMILES string of the molecule is C=CCc1cc(/C=C2\C(=O)NC(=S)N(c3ccc(Br)cc3C)C2=O)ccc1OC. The van der Waals surface area contributed by atoms with Gasteiger partial charge in [-0.25, -0.2) is 0 Å². The van der Waals surface area contributed by atoms with Crippen LogP contribution in [0, 0.1) is 6.92 Å². The minimum Gasteiger partial charge on any atom is -0.496 e. The molecule has 5 nitrogen and oxygen atoms in total. The number of amides is 2. The number of nitrogens with zero attached hydrogens (tertiary/aromatic N) is 1. The minimum atomic E-state index is -0.521. The second kappa shape index (κ2) is 8.71. The van der Waals surface area contributed by atoms with E-state index in [2.05, 4.69) is 27.8 Å². The molecule has 0 spiro atoms. The van der Waals surface area contributed by atoms with Gasteiger partial charge in [-0.05, 0) is 78.7 Å². The van der Waals surface area contributed by atoms with E-state index in [0.29, 0.717) is 17.7 Å². The fourth-order valence-electron chi connectivity index (χ4n) is 3.12. The predicted molar refractivity (Wildman–Crippen MR) is 122 cm³/mol. The first kappa shape index (κ1) is 21.0. The third-order valence-corrected chi connectivity index (χ3v) is 5.26. The average Bonchev–Trinajstić information content (AvgIpc) is 2.67. The Bertz CT molecular complexity index is 1060. The maximum atomic E-state index is 13.2.